The SMILES string of the molecule is Cc1cc(Cc2cc(C)c(O)c(C)c2)c(OP(Cc2ccccc2)(Cc2ccccc2)(Cc2ccccc2)Cc2ccccc2)c(Cc2cc(C)c(O)c(C)c2)c1. The molecule has 0 fully saturated rings. The molecule has 0 aliphatic rings. The Morgan fingerprint density at radius 2 is 0.667 bits per heavy atom. The van der Waals surface area contributed by atoms with E-state index in [-0.39, 0.29) is 0 Å². The molecular weight excluding hydrogens is 716 g/mol. The number of hydrogen-bond donors (Lipinski definition) is 2. The molecule has 0 aliphatic heterocycles. The molecule has 7 aromatic rings. The Labute approximate surface area is 339 Å². The Bertz CT molecular complexity index is 2150. The van der Waals surface area contributed by atoms with Crippen molar-refractivity contribution in [3.8, 4) is 17.2 Å². The Kier molecular flexibility index (Phi) is 11.7. The van der Waals surface area contributed by atoms with Crippen molar-refractivity contribution in [2.45, 2.75) is 72.1 Å². The van der Waals surface area contributed by atoms with Gasteiger partial charge in [0, 0.05) is 0 Å². The molecule has 7 aromatic carbocycles. The summed E-state index contributed by atoms with van der Waals surface area (Å²) in [5, 5.41) is 21.6. The molecule has 0 aromatic heterocycles. The van der Waals surface area contributed by atoms with Gasteiger partial charge in [-0.05, 0) is 0 Å². The molecule has 0 spiro atoms. The van der Waals surface area contributed by atoms with Crippen molar-refractivity contribution < 1.29 is 14.7 Å². The van der Waals surface area contributed by atoms with Crippen LogP contribution in [0.25, 0.3) is 0 Å². The van der Waals surface area contributed by atoms with Gasteiger partial charge in [0.1, 0.15) is 0 Å². The molecule has 3 nitrogen and oxygen atoms in total. The standard InChI is InChI=1S/C53H55O3P/c1-38-26-49(32-47-28-39(2)51(54)40(3)29-47)53(50(27-38)33-48-30-41(4)52(55)42(5)31-48)56-57(34-43-18-10-6-11-19-43,35-44-20-12-7-13-21-44,36-45-22-14-8-15-23-45)37-46-24-16-9-17-25-46/h6-31,54-55H,32-37H2,1-5H3. The summed E-state index contributed by atoms with van der Waals surface area (Å²) in [4.78, 5) is 0. The van der Waals surface area contributed by atoms with Crippen molar-refractivity contribution in [3.63, 3.8) is 0 Å². The summed E-state index contributed by atoms with van der Waals surface area (Å²) in [6, 6.07) is 56.9. The minimum absolute atomic E-state index is 0.347. The topological polar surface area (TPSA) is 49.7 Å². The van der Waals surface area contributed by atoms with E-state index in [0.29, 0.717) is 24.3 Å². The molecule has 0 aliphatic carbocycles. The van der Waals surface area contributed by atoms with Gasteiger partial charge in [0.15, 0.2) is 0 Å². The normalized spacial score (nSPS) is 12.2. The molecule has 0 saturated carbocycles. The third-order valence-electron chi connectivity index (χ3n) is 11.3. The number of rotatable bonds is 14. The zero-order valence-corrected chi connectivity index (χ0v) is 34.9. The number of hydrogen-bond acceptors (Lipinski definition) is 3. The Balaban J connectivity index is 1.54. The quantitative estimate of drug-likeness (QED) is 0.108. The van der Waals surface area contributed by atoms with Crippen LogP contribution in [-0.2, 0) is 37.5 Å². The number of aryl methyl sites for hydroxylation is 5. The number of phenols is 2. The van der Waals surface area contributed by atoms with Crippen LogP contribution in [-0.4, -0.2) is 10.2 Å². The van der Waals surface area contributed by atoms with Crippen LogP contribution in [0.5, 0.6) is 17.2 Å². The number of phenolic OH excluding ortho intramolecular Hbond substituents is 2. The molecular formula is C53H55O3P. The predicted octanol–water partition coefficient (Wildman–Crippen LogP) is 13.5. The summed E-state index contributed by atoms with van der Waals surface area (Å²) in [5.74, 6) is 1.64. The van der Waals surface area contributed by atoms with Gasteiger partial charge in [0.25, 0.3) is 0 Å². The molecule has 290 valence electrons. The van der Waals surface area contributed by atoms with Crippen LogP contribution < -0.4 is 4.52 Å². The Hall–Kier alpha value is -5.63. The molecule has 0 bridgehead atoms. The van der Waals surface area contributed by atoms with Crippen LogP contribution in [0.2, 0.25) is 0 Å². The molecule has 4 heteroatoms. The van der Waals surface area contributed by atoms with E-state index in [1.807, 2.05) is 27.7 Å². The fourth-order valence-corrected chi connectivity index (χ4v) is 15.2. The zero-order chi connectivity index (χ0) is 40.0. The average molecular weight is 771 g/mol. The first-order valence-electron chi connectivity index (χ1n) is 20.0. The second-order valence-electron chi connectivity index (χ2n) is 16.4. The number of aromatic hydroxyl groups is 2. The van der Waals surface area contributed by atoms with Crippen molar-refractivity contribution in [2.24, 2.45) is 0 Å². The monoisotopic (exact) mass is 770 g/mol. The third-order valence-corrected chi connectivity index (χ3v) is 16.7. The van der Waals surface area contributed by atoms with E-state index in [1.165, 1.54) is 27.8 Å². The van der Waals surface area contributed by atoms with Crippen LogP contribution in [0.4, 0.5) is 0 Å². The van der Waals surface area contributed by atoms with Gasteiger partial charge in [-0.2, -0.15) is 0 Å². The minimum atomic E-state index is -3.55. The van der Waals surface area contributed by atoms with Crippen molar-refractivity contribution in [1.29, 1.82) is 0 Å². The van der Waals surface area contributed by atoms with Gasteiger partial charge in [-0.1, -0.05) is 0 Å². The second kappa shape index (κ2) is 16.8. The van der Waals surface area contributed by atoms with Crippen molar-refractivity contribution in [2.75, 3.05) is 0 Å². The van der Waals surface area contributed by atoms with Gasteiger partial charge >= 0.3 is 341 Å². The Morgan fingerprint density at radius 1 is 0.386 bits per heavy atom. The molecule has 0 heterocycles. The molecule has 57 heavy (non-hydrogen) atoms. The summed E-state index contributed by atoms with van der Waals surface area (Å²) in [6.45, 7) is 6.55. The van der Waals surface area contributed by atoms with Gasteiger partial charge in [-0.15, -0.1) is 0 Å². The summed E-state index contributed by atoms with van der Waals surface area (Å²) >= 11 is 0. The molecule has 0 amide bonds. The van der Waals surface area contributed by atoms with Crippen LogP contribution in [0.3, 0.4) is 0 Å². The zero-order valence-electron chi connectivity index (χ0n) is 34.0. The predicted molar refractivity (Wildman–Crippen MR) is 240 cm³/mol. The molecule has 7 rings (SSSR count). The van der Waals surface area contributed by atoms with Crippen molar-refractivity contribution in [3.05, 3.63) is 230 Å². The fraction of sp³-hybridized carbons (Fsp3) is 0.208. The van der Waals surface area contributed by atoms with E-state index >= 15 is 0 Å². The first-order valence-corrected chi connectivity index (χ1v) is 22.9. The van der Waals surface area contributed by atoms with Gasteiger partial charge in [0.2, 0.25) is 0 Å². The maximum absolute atomic E-state index is 10.8. The summed E-state index contributed by atoms with van der Waals surface area (Å²) < 4.78 is 8.47. The summed E-state index contributed by atoms with van der Waals surface area (Å²) in [7, 11) is 0. The summed E-state index contributed by atoms with van der Waals surface area (Å²) in [5.41, 5.74) is 14.3. The van der Waals surface area contributed by atoms with E-state index in [9.17, 15) is 10.2 Å². The Morgan fingerprint density at radius 3 is 0.947 bits per heavy atom. The molecule has 0 radical (unpaired) electrons. The first-order chi connectivity index (χ1) is 27.5. The van der Waals surface area contributed by atoms with Crippen molar-refractivity contribution >= 4 is 6.83 Å². The molecule has 0 atom stereocenters. The van der Waals surface area contributed by atoms with Gasteiger partial charge in [-0.25, -0.2) is 0 Å². The van der Waals surface area contributed by atoms with E-state index in [1.54, 1.807) is 0 Å². The van der Waals surface area contributed by atoms with Gasteiger partial charge in [0.05, 0.1) is 0 Å². The van der Waals surface area contributed by atoms with Gasteiger partial charge in [-0.3, -0.25) is 0 Å². The van der Waals surface area contributed by atoms with Crippen LogP contribution in [0, 0.1) is 34.6 Å². The maximum atomic E-state index is 10.8. The average Bonchev–Trinajstić information content (AvgIpc) is 3.19. The first kappa shape index (κ1) is 39.6. The van der Waals surface area contributed by atoms with Crippen LogP contribution in [0.1, 0.15) is 72.3 Å². The summed E-state index contributed by atoms with van der Waals surface area (Å²) in [6.07, 6.45) is 4.44. The van der Waals surface area contributed by atoms with E-state index in [2.05, 4.69) is 165 Å². The van der Waals surface area contributed by atoms with Gasteiger partial charge < -0.3 is 0 Å². The third kappa shape index (κ3) is 9.33. The molecule has 0 unspecified atom stereocenters. The van der Waals surface area contributed by atoms with E-state index in [0.717, 1.165) is 74.9 Å². The molecule has 0 saturated heterocycles. The molecule has 2 N–H and O–H groups in total. The second-order valence-corrected chi connectivity index (χ2v) is 21.6. The van der Waals surface area contributed by atoms with Crippen LogP contribution in [0.15, 0.2) is 158 Å². The van der Waals surface area contributed by atoms with E-state index in [4.69, 9.17) is 4.52 Å². The van der Waals surface area contributed by atoms with Crippen molar-refractivity contribution in [1.82, 2.24) is 0 Å². The number of benzene rings is 7. The fourth-order valence-electron chi connectivity index (χ4n) is 8.95. The van der Waals surface area contributed by atoms with E-state index < -0.39 is 6.83 Å². The van der Waals surface area contributed by atoms with Crippen LogP contribution >= 0.6 is 6.83 Å².